The van der Waals surface area contributed by atoms with Crippen LogP contribution >= 0.6 is 0 Å². The first-order valence-electron chi connectivity index (χ1n) is 7.44. The molecule has 0 aliphatic carbocycles. The van der Waals surface area contributed by atoms with E-state index >= 15 is 0 Å². The molecule has 0 aromatic heterocycles. The van der Waals surface area contributed by atoms with Gasteiger partial charge in [0.1, 0.15) is 0 Å². The zero-order valence-electron chi connectivity index (χ0n) is 12.1. The van der Waals surface area contributed by atoms with E-state index in [1.165, 1.54) is 47.3 Å². The van der Waals surface area contributed by atoms with Crippen LogP contribution in [0.5, 0.6) is 0 Å². The second-order valence-corrected chi connectivity index (χ2v) is 5.56. The number of nitrogens with zero attached hydrogens (tertiary/aromatic N) is 1. The van der Waals surface area contributed by atoms with Crippen LogP contribution in [-0.4, -0.2) is 6.54 Å². The standard InChI is InChI=1S/C18H22N2/c1-14-12-15(13-19)9-10-17(14)20-11-5-4-7-16-6-2-3-8-18(16)20/h2-3,6,8-10,12H,4-5,7,11,13,19H2,1H3. The van der Waals surface area contributed by atoms with Crippen molar-refractivity contribution in [2.75, 3.05) is 11.4 Å². The maximum absolute atomic E-state index is 5.74. The Hall–Kier alpha value is -1.80. The van der Waals surface area contributed by atoms with Gasteiger partial charge in [0.05, 0.1) is 0 Å². The number of aryl methyl sites for hydroxylation is 2. The summed E-state index contributed by atoms with van der Waals surface area (Å²) in [6.45, 7) is 3.89. The van der Waals surface area contributed by atoms with Gasteiger partial charge in [-0.3, -0.25) is 0 Å². The molecule has 2 nitrogen and oxygen atoms in total. The fourth-order valence-electron chi connectivity index (χ4n) is 3.09. The summed E-state index contributed by atoms with van der Waals surface area (Å²) < 4.78 is 0. The minimum Gasteiger partial charge on any atom is -0.341 e. The summed E-state index contributed by atoms with van der Waals surface area (Å²) in [7, 11) is 0. The molecule has 0 unspecified atom stereocenters. The lowest BCUT2D eigenvalue weighted by atomic mass is 10.1. The zero-order chi connectivity index (χ0) is 13.9. The van der Waals surface area contributed by atoms with Gasteiger partial charge in [0.2, 0.25) is 0 Å². The summed E-state index contributed by atoms with van der Waals surface area (Å²) in [4.78, 5) is 2.47. The van der Waals surface area contributed by atoms with Gasteiger partial charge in [-0.25, -0.2) is 0 Å². The van der Waals surface area contributed by atoms with Crippen LogP contribution in [0.15, 0.2) is 42.5 Å². The number of fused-ring (bicyclic) bond motifs is 1. The summed E-state index contributed by atoms with van der Waals surface area (Å²) in [6.07, 6.45) is 3.70. The van der Waals surface area contributed by atoms with Crippen LogP contribution in [0.1, 0.15) is 29.5 Å². The van der Waals surface area contributed by atoms with Gasteiger partial charge < -0.3 is 10.6 Å². The molecule has 20 heavy (non-hydrogen) atoms. The van der Waals surface area contributed by atoms with Crippen LogP contribution < -0.4 is 10.6 Å². The molecule has 0 fully saturated rings. The van der Waals surface area contributed by atoms with Gasteiger partial charge in [-0.2, -0.15) is 0 Å². The third kappa shape index (κ3) is 2.44. The van der Waals surface area contributed by atoms with Crippen molar-refractivity contribution in [1.29, 1.82) is 0 Å². The van der Waals surface area contributed by atoms with E-state index in [4.69, 9.17) is 5.73 Å². The van der Waals surface area contributed by atoms with Gasteiger partial charge in [-0.15, -0.1) is 0 Å². The normalized spacial score (nSPS) is 14.8. The molecule has 0 spiro atoms. The van der Waals surface area contributed by atoms with Gasteiger partial charge in [0.15, 0.2) is 0 Å². The molecule has 0 radical (unpaired) electrons. The van der Waals surface area contributed by atoms with E-state index in [0.717, 1.165) is 6.54 Å². The highest BCUT2D eigenvalue weighted by Crippen LogP contribution is 2.34. The Morgan fingerprint density at radius 1 is 1.05 bits per heavy atom. The summed E-state index contributed by atoms with van der Waals surface area (Å²) in [5.74, 6) is 0. The summed E-state index contributed by atoms with van der Waals surface area (Å²) in [6, 6.07) is 15.4. The van der Waals surface area contributed by atoms with Crippen LogP contribution in [-0.2, 0) is 13.0 Å². The van der Waals surface area contributed by atoms with Crippen molar-refractivity contribution in [1.82, 2.24) is 0 Å². The lowest BCUT2D eigenvalue weighted by molar-refractivity contribution is 0.760. The first-order valence-corrected chi connectivity index (χ1v) is 7.44. The average molecular weight is 266 g/mol. The molecule has 2 aromatic rings. The van der Waals surface area contributed by atoms with Gasteiger partial charge >= 0.3 is 0 Å². The maximum atomic E-state index is 5.74. The smallest absolute Gasteiger partial charge is 0.0443 e. The van der Waals surface area contributed by atoms with Crippen molar-refractivity contribution in [2.45, 2.75) is 32.7 Å². The molecule has 104 valence electrons. The van der Waals surface area contributed by atoms with E-state index in [9.17, 15) is 0 Å². The largest absolute Gasteiger partial charge is 0.341 e. The summed E-state index contributed by atoms with van der Waals surface area (Å²) in [5, 5.41) is 0. The molecule has 1 aliphatic rings. The van der Waals surface area contributed by atoms with Crippen molar-refractivity contribution in [3.8, 4) is 0 Å². The van der Waals surface area contributed by atoms with E-state index in [2.05, 4.69) is 54.3 Å². The Morgan fingerprint density at radius 3 is 2.70 bits per heavy atom. The fraction of sp³-hybridized carbons (Fsp3) is 0.333. The molecule has 0 bridgehead atoms. The minimum atomic E-state index is 0.609. The molecule has 0 saturated heterocycles. The highest BCUT2D eigenvalue weighted by atomic mass is 15.1. The van der Waals surface area contributed by atoms with E-state index < -0.39 is 0 Å². The minimum absolute atomic E-state index is 0.609. The number of nitrogens with two attached hydrogens (primary N) is 1. The molecular weight excluding hydrogens is 244 g/mol. The topological polar surface area (TPSA) is 29.3 Å². The number of para-hydroxylation sites is 1. The van der Waals surface area contributed by atoms with Crippen molar-refractivity contribution in [3.05, 3.63) is 59.2 Å². The van der Waals surface area contributed by atoms with Gasteiger partial charge in [0, 0.05) is 24.5 Å². The van der Waals surface area contributed by atoms with Crippen LogP contribution in [0.25, 0.3) is 0 Å². The number of hydrogen-bond acceptors (Lipinski definition) is 2. The maximum Gasteiger partial charge on any atom is 0.0443 e. The number of benzene rings is 2. The third-order valence-electron chi connectivity index (χ3n) is 4.15. The average Bonchev–Trinajstić information content (AvgIpc) is 2.69. The first kappa shape index (κ1) is 13.2. The number of anilines is 2. The third-order valence-corrected chi connectivity index (χ3v) is 4.15. The van der Waals surface area contributed by atoms with Gasteiger partial charge in [-0.1, -0.05) is 30.3 Å². The monoisotopic (exact) mass is 266 g/mol. The van der Waals surface area contributed by atoms with Gasteiger partial charge in [0.25, 0.3) is 0 Å². The predicted molar refractivity (Wildman–Crippen MR) is 85.5 cm³/mol. The molecule has 3 rings (SSSR count). The van der Waals surface area contributed by atoms with Crippen LogP contribution in [0.2, 0.25) is 0 Å². The van der Waals surface area contributed by atoms with Crippen LogP contribution in [0, 0.1) is 6.92 Å². The van der Waals surface area contributed by atoms with Crippen molar-refractivity contribution >= 4 is 11.4 Å². The van der Waals surface area contributed by atoms with Gasteiger partial charge in [-0.05, 0) is 55.0 Å². The Bertz CT molecular complexity index is 604. The van der Waals surface area contributed by atoms with E-state index in [-0.39, 0.29) is 0 Å². The van der Waals surface area contributed by atoms with Crippen LogP contribution in [0.4, 0.5) is 11.4 Å². The molecule has 0 amide bonds. The lowest BCUT2D eigenvalue weighted by Gasteiger charge is -2.27. The molecule has 1 heterocycles. The lowest BCUT2D eigenvalue weighted by Crippen LogP contribution is -2.19. The second kappa shape index (κ2) is 5.68. The molecule has 0 atom stereocenters. The quantitative estimate of drug-likeness (QED) is 0.892. The Balaban J connectivity index is 2.05. The van der Waals surface area contributed by atoms with Crippen LogP contribution in [0.3, 0.4) is 0 Å². The number of rotatable bonds is 2. The molecule has 0 saturated carbocycles. The molecular formula is C18H22N2. The second-order valence-electron chi connectivity index (χ2n) is 5.56. The molecule has 2 aromatic carbocycles. The Kier molecular flexibility index (Phi) is 3.75. The number of hydrogen-bond donors (Lipinski definition) is 1. The first-order chi connectivity index (χ1) is 9.79. The Labute approximate surface area is 121 Å². The molecule has 2 heteroatoms. The molecule has 2 N–H and O–H groups in total. The highest BCUT2D eigenvalue weighted by molar-refractivity contribution is 5.69. The summed E-state index contributed by atoms with van der Waals surface area (Å²) >= 11 is 0. The predicted octanol–water partition coefficient (Wildman–Crippen LogP) is 3.93. The van der Waals surface area contributed by atoms with Crippen molar-refractivity contribution in [3.63, 3.8) is 0 Å². The zero-order valence-corrected chi connectivity index (χ0v) is 12.1. The van der Waals surface area contributed by atoms with E-state index in [1.807, 2.05) is 0 Å². The van der Waals surface area contributed by atoms with E-state index in [0.29, 0.717) is 6.54 Å². The Morgan fingerprint density at radius 2 is 1.90 bits per heavy atom. The molecule has 1 aliphatic heterocycles. The summed E-state index contributed by atoms with van der Waals surface area (Å²) in [5.41, 5.74) is 12.4. The van der Waals surface area contributed by atoms with Crippen molar-refractivity contribution in [2.24, 2.45) is 5.73 Å². The highest BCUT2D eigenvalue weighted by Gasteiger charge is 2.17. The van der Waals surface area contributed by atoms with E-state index in [1.54, 1.807) is 0 Å². The fourth-order valence-corrected chi connectivity index (χ4v) is 3.09. The SMILES string of the molecule is Cc1cc(CN)ccc1N1CCCCc2ccccc21. The van der Waals surface area contributed by atoms with Crippen molar-refractivity contribution < 1.29 is 0 Å².